The average Bonchev–Trinajstić information content (AvgIpc) is 3.41. The number of rotatable bonds is 5. The molecule has 1 aromatic carbocycles. The minimum atomic E-state index is -0.746. The highest BCUT2D eigenvalue weighted by atomic mass is 19.1. The van der Waals surface area contributed by atoms with Crippen molar-refractivity contribution in [2.24, 2.45) is 5.73 Å². The molecule has 3 saturated heterocycles. The van der Waals surface area contributed by atoms with Gasteiger partial charge in [-0.1, -0.05) is 12.1 Å². The van der Waals surface area contributed by atoms with E-state index >= 15 is 0 Å². The summed E-state index contributed by atoms with van der Waals surface area (Å²) >= 11 is 0. The van der Waals surface area contributed by atoms with Crippen LogP contribution in [0.1, 0.15) is 38.7 Å². The summed E-state index contributed by atoms with van der Waals surface area (Å²) in [6.07, 6.45) is 2.21. The maximum Gasteiger partial charge on any atom is 0.241 e. The van der Waals surface area contributed by atoms with E-state index in [1.54, 1.807) is 17.0 Å². The molecule has 0 spiro atoms. The van der Waals surface area contributed by atoms with Crippen LogP contribution in [0.3, 0.4) is 0 Å². The summed E-state index contributed by atoms with van der Waals surface area (Å²) in [6.45, 7) is 5.49. The lowest BCUT2D eigenvalue weighted by molar-refractivity contribution is -0.144. The number of hydrogen-bond acceptors (Lipinski definition) is 5. The molecule has 0 saturated carbocycles. The summed E-state index contributed by atoms with van der Waals surface area (Å²) in [5.41, 5.74) is 6.53. The summed E-state index contributed by atoms with van der Waals surface area (Å²) in [6, 6.07) is 7.05. The molecule has 160 valence electrons. The molecule has 0 aromatic heterocycles. The normalized spacial score (nSPS) is 27.6. The van der Waals surface area contributed by atoms with E-state index < -0.39 is 17.6 Å². The van der Waals surface area contributed by atoms with Gasteiger partial charge in [0, 0.05) is 25.7 Å². The second kappa shape index (κ2) is 7.64. The quantitative estimate of drug-likeness (QED) is 0.783. The summed E-state index contributed by atoms with van der Waals surface area (Å²) in [7, 11) is 0. The van der Waals surface area contributed by atoms with Gasteiger partial charge in [-0.2, -0.15) is 5.26 Å². The molecular formula is C22H28FN5O2. The Bertz CT molecular complexity index is 881. The molecule has 2 N–H and O–H groups in total. The standard InChI is InChI=1S/C22H28FN5O2/c1-22(2,14-5-7-15(23)8-6-14)28-17-10-19(21(28)30)26(12-17)13-18(25)20(29)27-9-3-4-16(27)11-24/h5-8,16-19H,3-4,9-10,12-13,25H2,1-2H3/t16-,17?,18?,19?/m0/s1. The number of halogens is 1. The number of piperazine rings is 1. The molecule has 3 aliphatic rings. The topological polar surface area (TPSA) is 93.7 Å². The monoisotopic (exact) mass is 413 g/mol. The first-order chi connectivity index (χ1) is 14.2. The zero-order valence-electron chi connectivity index (χ0n) is 17.4. The summed E-state index contributed by atoms with van der Waals surface area (Å²) in [4.78, 5) is 31.4. The van der Waals surface area contributed by atoms with Crippen LogP contribution in [0.4, 0.5) is 4.39 Å². The molecule has 0 radical (unpaired) electrons. The number of amides is 2. The molecular weight excluding hydrogens is 385 g/mol. The van der Waals surface area contributed by atoms with Gasteiger partial charge in [-0.3, -0.25) is 14.5 Å². The first-order valence-corrected chi connectivity index (χ1v) is 10.5. The van der Waals surface area contributed by atoms with Gasteiger partial charge in [-0.05, 0) is 50.8 Å². The summed E-state index contributed by atoms with van der Waals surface area (Å²) in [5, 5.41) is 9.22. The minimum absolute atomic E-state index is 0.0243. The van der Waals surface area contributed by atoms with E-state index in [9.17, 15) is 19.2 Å². The maximum atomic E-state index is 13.3. The largest absolute Gasteiger partial charge is 0.328 e. The van der Waals surface area contributed by atoms with E-state index in [-0.39, 0.29) is 29.7 Å². The first-order valence-electron chi connectivity index (χ1n) is 10.5. The molecule has 3 aliphatic heterocycles. The van der Waals surface area contributed by atoms with Crippen molar-refractivity contribution in [2.45, 2.75) is 62.8 Å². The number of nitrogens with two attached hydrogens (primary N) is 1. The second-order valence-electron chi connectivity index (χ2n) is 9.06. The van der Waals surface area contributed by atoms with Crippen LogP contribution in [0.25, 0.3) is 0 Å². The van der Waals surface area contributed by atoms with Gasteiger partial charge in [0.25, 0.3) is 0 Å². The molecule has 4 atom stereocenters. The fourth-order valence-corrected chi connectivity index (χ4v) is 5.30. The Balaban J connectivity index is 1.43. The molecule has 2 bridgehead atoms. The molecule has 30 heavy (non-hydrogen) atoms. The van der Waals surface area contributed by atoms with E-state index in [1.807, 2.05) is 23.6 Å². The van der Waals surface area contributed by atoms with Crippen molar-refractivity contribution < 1.29 is 14.0 Å². The van der Waals surface area contributed by atoms with Gasteiger partial charge in [-0.25, -0.2) is 4.39 Å². The molecule has 2 amide bonds. The van der Waals surface area contributed by atoms with Gasteiger partial charge >= 0.3 is 0 Å². The van der Waals surface area contributed by atoms with Crippen molar-refractivity contribution in [3.8, 4) is 6.07 Å². The van der Waals surface area contributed by atoms with Gasteiger partial charge in [0.15, 0.2) is 0 Å². The van der Waals surface area contributed by atoms with Crippen molar-refractivity contribution in [2.75, 3.05) is 19.6 Å². The van der Waals surface area contributed by atoms with Gasteiger partial charge in [-0.15, -0.1) is 0 Å². The van der Waals surface area contributed by atoms with Gasteiger partial charge in [0.2, 0.25) is 11.8 Å². The number of hydrogen-bond donors (Lipinski definition) is 1. The van der Waals surface area contributed by atoms with Crippen molar-refractivity contribution in [1.82, 2.24) is 14.7 Å². The minimum Gasteiger partial charge on any atom is -0.328 e. The molecule has 8 heteroatoms. The fraction of sp³-hybridized carbons (Fsp3) is 0.591. The number of fused-ring (bicyclic) bond motifs is 2. The van der Waals surface area contributed by atoms with E-state index in [2.05, 4.69) is 6.07 Å². The molecule has 1 aromatic rings. The number of carbonyl (C=O) groups excluding carboxylic acids is 2. The van der Waals surface area contributed by atoms with Crippen molar-refractivity contribution in [1.29, 1.82) is 5.26 Å². The number of carbonyl (C=O) groups is 2. The Labute approximate surface area is 176 Å². The molecule has 4 rings (SSSR count). The van der Waals surface area contributed by atoms with Gasteiger partial charge in [0.1, 0.15) is 11.9 Å². The molecule has 3 fully saturated rings. The molecule has 0 aliphatic carbocycles. The SMILES string of the molecule is CC(C)(c1ccc(F)cc1)N1C(=O)C2CC1CN2CC(N)C(=O)N1CCC[C@H]1C#N. The van der Waals surface area contributed by atoms with Crippen LogP contribution in [0.15, 0.2) is 24.3 Å². The Morgan fingerprint density at radius 1 is 1.37 bits per heavy atom. The lowest BCUT2D eigenvalue weighted by Crippen LogP contribution is -2.59. The second-order valence-corrected chi connectivity index (χ2v) is 9.06. The third-order valence-electron chi connectivity index (χ3n) is 6.86. The Morgan fingerprint density at radius 2 is 2.07 bits per heavy atom. The number of nitrogens with zero attached hydrogens (tertiary/aromatic N) is 4. The summed E-state index contributed by atoms with van der Waals surface area (Å²) < 4.78 is 13.3. The third kappa shape index (κ3) is 3.36. The van der Waals surface area contributed by atoms with E-state index in [1.165, 1.54) is 12.1 Å². The molecule has 3 unspecified atom stereocenters. The van der Waals surface area contributed by atoms with Crippen LogP contribution in [0.5, 0.6) is 0 Å². The van der Waals surface area contributed by atoms with E-state index in [0.717, 1.165) is 12.0 Å². The Kier molecular flexibility index (Phi) is 5.28. The van der Waals surface area contributed by atoms with Crippen molar-refractivity contribution in [3.63, 3.8) is 0 Å². The van der Waals surface area contributed by atoms with Gasteiger partial charge < -0.3 is 15.5 Å². The first kappa shape index (κ1) is 20.8. The average molecular weight is 413 g/mol. The van der Waals surface area contributed by atoms with E-state index in [4.69, 9.17) is 5.73 Å². The Hall–Kier alpha value is -2.50. The van der Waals surface area contributed by atoms with Crippen LogP contribution >= 0.6 is 0 Å². The zero-order valence-corrected chi connectivity index (χ0v) is 17.4. The zero-order chi connectivity index (χ0) is 21.6. The highest BCUT2D eigenvalue weighted by Crippen LogP contribution is 2.41. The highest BCUT2D eigenvalue weighted by Gasteiger charge is 2.54. The van der Waals surface area contributed by atoms with Crippen LogP contribution in [-0.2, 0) is 15.1 Å². The lowest BCUT2D eigenvalue weighted by atomic mass is 9.91. The van der Waals surface area contributed by atoms with Crippen molar-refractivity contribution >= 4 is 11.8 Å². The van der Waals surface area contributed by atoms with Crippen LogP contribution in [0.2, 0.25) is 0 Å². The third-order valence-corrected chi connectivity index (χ3v) is 6.86. The smallest absolute Gasteiger partial charge is 0.241 e. The number of nitriles is 1. The van der Waals surface area contributed by atoms with E-state index in [0.29, 0.717) is 32.5 Å². The predicted octanol–water partition coefficient (Wildman–Crippen LogP) is 1.19. The maximum absolute atomic E-state index is 13.3. The number of benzene rings is 1. The Morgan fingerprint density at radius 3 is 2.70 bits per heavy atom. The van der Waals surface area contributed by atoms with Crippen molar-refractivity contribution in [3.05, 3.63) is 35.6 Å². The number of likely N-dealkylation sites (tertiary alicyclic amines) is 3. The molecule has 7 nitrogen and oxygen atoms in total. The summed E-state index contributed by atoms with van der Waals surface area (Å²) in [5.74, 6) is -0.487. The van der Waals surface area contributed by atoms with Gasteiger partial charge in [0.05, 0.1) is 23.7 Å². The lowest BCUT2D eigenvalue weighted by Gasteiger charge is -2.44. The predicted molar refractivity (Wildman–Crippen MR) is 108 cm³/mol. The van der Waals surface area contributed by atoms with Crippen LogP contribution in [0, 0.1) is 17.1 Å². The molecule has 3 heterocycles. The highest BCUT2D eigenvalue weighted by molar-refractivity contribution is 5.87. The van der Waals surface area contributed by atoms with Crippen LogP contribution < -0.4 is 5.73 Å². The van der Waals surface area contributed by atoms with Crippen LogP contribution in [-0.4, -0.2) is 70.3 Å². The fourth-order valence-electron chi connectivity index (χ4n) is 5.30.